The number of hydrogen-bond acceptors (Lipinski definition) is 11. The van der Waals surface area contributed by atoms with E-state index < -0.39 is 53.4 Å². The molecular weight excluding hydrogens is 627 g/mol. The molecule has 1 aliphatic heterocycles. The molecule has 0 bridgehead atoms. The molecular formula is C25H42N3O12P3. The quantitative estimate of drug-likeness (QED) is 0.0780. The van der Waals surface area contributed by atoms with Crippen molar-refractivity contribution in [2.24, 2.45) is 0 Å². The number of ether oxygens (including phenoxy) is 1. The smallest absolute Gasteiger partial charge is 0.344 e. The summed E-state index contributed by atoms with van der Waals surface area (Å²) in [7, 11) is -15.0. The molecule has 0 radical (unpaired) electrons. The molecule has 0 amide bonds. The Balaban J connectivity index is 1.86. The number of rotatable bonds is 22. The van der Waals surface area contributed by atoms with E-state index in [1.165, 1.54) is 51.0 Å². The second kappa shape index (κ2) is 18.3. The SMILES string of the molecule is CCCCCCCCCCCCP(=O)(OCCC#N)OP(=O)(O)OP(=O)(O)OC[C@@H]1C=C[C@H](n2cc(C)c(=O)[nH]c2=O)O1. The fraction of sp³-hybridized carbons (Fsp3) is 0.720. The molecule has 3 N–H and O–H groups in total. The molecule has 2 heterocycles. The van der Waals surface area contributed by atoms with Gasteiger partial charge in [-0.2, -0.15) is 9.57 Å². The van der Waals surface area contributed by atoms with Crippen molar-refractivity contribution in [1.29, 1.82) is 5.26 Å². The van der Waals surface area contributed by atoms with Gasteiger partial charge < -0.3 is 19.0 Å². The normalized spacial score (nSPS) is 20.7. The largest absolute Gasteiger partial charge is 0.488 e. The molecule has 0 aliphatic carbocycles. The first-order chi connectivity index (χ1) is 20.3. The maximum absolute atomic E-state index is 13.2. The molecule has 1 aromatic rings. The van der Waals surface area contributed by atoms with Crippen molar-refractivity contribution in [3.63, 3.8) is 0 Å². The lowest BCUT2D eigenvalue weighted by Crippen LogP contribution is -2.33. The Bertz CT molecular complexity index is 1360. The Labute approximate surface area is 250 Å². The van der Waals surface area contributed by atoms with Gasteiger partial charge in [-0.05, 0) is 19.4 Å². The third-order valence-electron chi connectivity index (χ3n) is 6.35. The van der Waals surface area contributed by atoms with Crippen LogP contribution in [0.1, 0.15) is 89.3 Å². The summed E-state index contributed by atoms with van der Waals surface area (Å²) in [5.41, 5.74) is -1.04. The molecule has 2 rings (SSSR count). The molecule has 244 valence electrons. The van der Waals surface area contributed by atoms with Gasteiger partial charge in [0.15, 0.2) is 6.23 Å². The fourth-order valence-electron chi connectivity index (χ4n) is 4.16. The van der Waals surface area contributed by atoms with Gasteiger partial charge in [-0.15, -0.1) is 0 Å². The predicted molar refractivity (Wildman–Crippen MR) is 157 cm³/mol. The minimum absolute atomic E-state index is 0.162. The van der Waals surface area contributed by atoms with Crippen LogP contribution in [0, 0.1) is 18.3 Å². The topological polar surface area (TPSA) is 216 Å². The zero-order valence-corrected chi connectivity index (χ0v) is 27.2. The van der Waals surface area contributed by atoms with Crippen LogP contribution >= 0.6 is 23.2 Å². The summed E-state index contributed by atoms with van der Waals surface area (Å²) in [4.78, 5) is 45.9. The van der Waals surface area contributed by atoms with Crippen LogP contribution in [0.15, 0.2) is 27.9 Å². The van der Waals surface area contributed by atoms with E-state index in [0.717, 1.165) is 30.3 Å². The highest BCUT2D eigenvalue weighted by Crippen LogP contribution is 2.69. The number of aromatic amines is 1. The number of phosphoric ester groups is 1. The number of unbranched alkanes of at least 4 members (excludes halogenated alkanes) is 9. The van der Waals surface area contributed by atoms with Crippen LogP contribution in [-0.4, -0.2) is 44.8 Å². The number of nitrogens with zero attached hydrogens (tertiary/aromatic N) is 2. The van der Waals surface area contributed by atoms with E-state index in [2.05, 4.69) is 16.2 Å². The number of hydrogen-bond donors (Lipinski definition) is 3. The molecule has 43 heavy (non-hydrogen) atoms. The highest BCUT2D eigenvalue weighted by atomic mass is 31.3. The summed E-state index contributed by atoms with van der Waals surface area (Å²) < 4.78 is 63.8. The van der Waals surface area contributed by atoms with E-state index in [0.29, 0.717) is 12.8 Å². The summed E-state index contributed by atoms with van der Waals surface area (Å²) in [5, 5.41) is 8.76. The number of nitrogens with one attached hydrogen (secondary N) is 1. The van der Waals surface area contributed by atoms with E-state index in [4.69, 9.17) is 23.4 Å². The third-order valence-corrected chi connectivity index (χ3v) is 11.7. The molecule has 0 saturated carbocycles. The predicted octanol–water partition coefficient (Wildman–Crippen LogP) is 5.59. The van der Waals surface area contributed by atoms with Crippen molar-refractivity contribution in [2.45, 2.75) is 96.8 Å². The summed E-state index contributed by atoms with van der Waals surface area (Å²) in [6, 6.07) is 1.79. The van der Waals surface area contributed by atoms with Gasteiger partial charge in [0, 0.05) is 11.8 Å². The number of aromatic nitrogens is 2. The van der Waals surface area contributed by atoms with E-state index in [1.54, 1.807) is 6.07 Å². The van der Waals surface area contributed by atoms with E-state index in [9.17, 15) is 33.1 Å². The van der Waals surface area contributed by atoms with E-state index >= 15 is 0 Å². The second-order valence-corrected chi connectivity index (χ2v) is 15.4. The monoisotopic (exact) mass is 669 g/mol. The summed E-state index contributed by atoms with van der Waals surface area (Å²) in [5.74, 6) is 0. The molecule has 0 saturated heterocycles. The van der Waals surface area contributed by atoms with Crippen molar-refractivity contribution in [3.8, 4) is 6.07 Å². The minimum atomic E-state index is -5.45. The average molecular weight is 670 g/mol. The molecule has 1 aromatic heterocycles. The Kier molecular flexibility index (Phi) is 16.0. The zero-order chi connectivity index (χ0) is 31.9. The number of phosphoric acid groups is 2. The molecule has 0 aromatic carbocycles. The van der Waals surface area contributed by atoms with Gasteiger partial charge in [-0.1, -0.05) is 70.8 Å². The molecule has 0 fully saturated rings. The first kappa shape index (κ1) is 37.5. The van der Waals surface area contributed by atoms with Crippen LogP contribution in [0.4, 0.5) is 0 Å². The van der Waals surface area contributed by atoms with Crippen molar-refractivity contribution in [1.82, 2.24) is 9.55 Å². The first-order valence-corrected chi connectivity index (χ1v) is 19.0. The number of nitriles is 1. The summed E-state index contributed by atoms with van der Waals surface area (Å²) in [6.45, 7) is 2.68. The van der Waals surface area contributed by atoms with Gasteiger partial charge in [-0.3, -0.25) is 23.4 Å². The molecule has 5 atom stereocenters. The van der Waals surface area contributed by atoms with Crippen LogP contribution in [-0.2, 0) is 36.1 Å². The number of H-pyrrole nitrogens is 1. The van der Waals surface area contributed by atoms with Crippen LogP contribution in [0.2, 0.25) is 0 Å². The van der Waals surface area contributed by atoms with Gasteiger partial charge in [0.2, 0.25) is 0 Å². The maximum Gasteiger partial charge on any atom is 0.488 e. The van der Waals surface area contributed by atoms with Crippen LogP contribution in [0.5, 0.6) is 0 Å². The highest BCUT2D eigenvalue weighted by molar-refractivity contribution is 7.68. The summed E-state index contributed by atoms with van der Waals surface area (Å²) in [6.07, 6.45) is 11.7. The first-order valence-electron chi connectivity index (χ1n) is 14.3. The molecule has 15 nitrogen and oxygen atoms in total. The van der Waals surface area contributed by atoms with Crippen LogP contribution < -0.4 is 11.2 Å². The molecule has 0 spiro atoms. The van der Waals surface area contributed by atoms with Crippen LogP contribution in [0.25, 0.3) is 0 Å². The van der Waals surface area contributed by atoms with Gasteiger partial charge in [0.1, 0.15) is 6.10 Å². The van der Waals surface area contributed by atoms with E-state index in [-0.39, 0.29) is 24.8 Å². The van der Waals surface area contributed by atoms with Gasteiger partial charge in [0.25, 0.3) is 5.56 Å². The Morgan fingerprint density at radius 1 is 0.953 bits per heavy atom. The van der Waals surface area contributed by atoms with Crippen molar-refractivity contribution in [3.05, 3.63) is 44.8 Å². The maximum atomic E-state index is 13.2. The van der Waals surface area contributed by atoms with Gasteiger partial charge in [-0.25, -0.2) is 18.2 Å². The fourth-order valence-corrected chi connectivity index (χ4v) is 9.00. The molecule has 1 aliphatic rings. The van der Waals surface area contributed by atoms with Gasteiger partial charge in [0.05, 0.1) is 31.9 Å². The number of aryl methyl sites for hydroxylation is 1. The molecule has 3 unspecified atom stereocenters. The standard InChI is InChI=1S/C25H42N3O12P3/c1-3-4-5-6-7-8-9-10-11-12-18-41(31,36-17-13-16-26)39-43(34,35)40-42(32,33)37-20-22-14-15-23(38-22)28-19-21(2)24(29)27-25(28)30/h14-15,19,22-23H,3-13,17-18,20H2,1-2H3,(H,32,33)(H,34,35)(H,27,29,30)/t22-,23+,41?/m0/s1. The van der Waals surface area contributed by atoms with Gasteiger partial charge >= 0.3 is 28.9 Å². The highest BCUT2D eigenvalue weighted by Gasteiger charge is 2.42. The summed E-state index contributed by atoms with van der Waals surface area (Å²) >= 11 is 0. The van der Waals surface area contributed by atoms with Crippen molar-refractivity contribution >= 4 is 23.2 Å². The lowest BCUT2D eigenvalue weighted by atomic mass is 10.1. The lowest BCUT2D eigenvalue weighted by molar-refractivity contribution is -0.0104. The zero-order valence-electron chi connectivity index (χ0n) is 24.5. The van der Waals surface area contributed by atoms with Crippen LogP contribution in [0.3, 0.4) is 0 Å². The third kappa shape index (κ3) is 14.3. The second-order valence-electron chi connectivity index (χ2n) is 10.1. The Morgan fingerprint density at radius 3 is 2.21 bits per heavy atom. The van der Waals surface area contributed by atoms with E-state index in [1.807, 2.05) is 0 Å². The average Bonchev–Trinajstić information content (AvgIpc) is 3.39. The van der Waals surface area contributed by atoms with Crippen molar-refractivity contribution < 1.29 is 45.9 Å². The van der Waals surface area contributed by atoms with Crippen molar-refractivity contribution in [2.75, 3.05) is 19.4 Å². The minimum Gasteiger partial charge on any atom is -0.344 e. The lowest BCUT2D eigenvalue weighted by Gasteiger charge is -2.22. The molecule has 18 heteroatoms. The Morgan fingerprint density at radius 2 is 1.58 bits per heavy atom. The Hall–Kier alpha value is -1.68.